The third-order valence-corrected chi connectivity index (χ3v) is 4.88. The van der Waals surface area contributed by atoms with Gasteiger partial charge in [-0.3, -0.25) is 0 Å². The Morgan fingerprint density at radius 3 is 2.50 bits per heavy atom. The Morgan fingerprint density at radius 1 is 1.08 bits per heavy atom. The van der Waals surface area contributed by atoms with Crippen molar-refractivity contribution in [1.82, 2.24) is 0 Å². The monoisotopic (exact) mass is 346 g/mol. The first-order valence-electron chi connectivity index (χ1n) is 8.78. The average molecular weight is 347 g/mol. The fourth-order valence-electron chi connectivity index (χ4n) is 3.19. The second kappa shape index (κ2) is 7.89. The summed E-state index contributed by atoms with van der Waals surface area (Å²) in [4.78, 5) is 0. The lowest BCUT2D eigenvalue weighted by Gasteiger charge is -2.12. The Morgan fingerprint density at radius 2 is 1.79 bits per heavy atom. The molecule has 0 spiro atoms. The fraction of sp³-hybridized carbons (Fsp3) is 0.450. The smallest absolute Gasteiger partial charge is 0.179 e. The van der Waals surface area contributed by atoms with Crippen molar-refractivity contribution in [2.24, 2.45) is 0 Å². The van der Waals surface area contributed by atoms with Gasteiger partial charge in [0.15, 0.2) is 30.4 Å². The zero-order chi connectivity index (χ0) is 16.9. The van der Waals surface area contributed by atoms with Crippen LogP contribution in [0, 0.1) is 0 Å². The maximum absolute atomic E-state index is 6.38. The van der Waals surface area contributed by atoms with Gasteiger partial charge in [0.2, 0.25) is 0 Å². The first-order valence-corrected chi connectivity index (χ1v) is 9.16. The SMILES string of the molecule is CCC(CC)c1cc[n+](Cc2cc(Cl)c3c(c2)OCCCO3)cc1. The van der Waals surface area contributed by atoms with Gasteiger partial charge < -0.3 is 9.47 Å². The molecule has 0 atom stereocenters. The minimum Gasteiger partial charge on any atom is -0.489 e. The first-order chi connectivity index (χ1) is 11.7. The lowest BCUT2D eigenvalue weighted by Crippen LogP contribution is -2.33. The Hall–Kier alpha value is -1.74. The number of benzene rings is 1. The van der Waals surface area contributed by atoms with Gasteiger partial charge in [0.1, 0.15) is 0 Å². The van der Waals surface area contributed by atoms with Crippen LogP contribution < -0.4 is 14.0 Å². The zero-order valence-corrected chi connectivity index (χ0v) is 15.2. The Labute approximate surface area is 149 Å². The Bertz CT molecular complexity index is 681. The molecular weight excluding hydrogens is 322 g/mol. The summed E-state index contributed by atoms with van der Waals surface area (Å²) in [6.07, 6.45) is 7.53. The van der Waals surface area contributed by atoms with Gasteiger partial charge in [-0.1, -0.05) is 25.4 Å². The van der Waals surface area contributed by atoms with Crippen LogP contribution in [0.1, 0.15) is 50.2 Å². The van der Waals surface area contributed by atoms with Crippen molar-refractivity contribution in [3.05, 3.63) is 52.8 Å². The molecule has 4 heteroatoms. The van der Waals surface area contributed by atoms with E-state index in [0.717, 1.165) is 24.3 Å². The molecule has 0 radical (unpaired) electrons. The zero-order valence-electron chi connectivity index (χ0n) is 14.4. The van der Waals surface area contributed by atoms with Gasteiger partial charge in [0.25, 0.3) is 0 Å². The van der Waals surface area contributed by atoms with E-state index in [1.165, 1.54) is 18.4 Å². The van der Waals surface area contributed by atoms with E-state index >= 15 is 0 Å². The molecule has 0 bridgehead atoms. The molecule has 0 aliphatic carbocycles. The van der Waals surface area contributed by atoms with Crippen molar-refractivity contribution in [2.75, 3.05) is 13.2 Å². The quantitative estimate of drug-likeness (QED) is 0.729. The second-order valence-electron chi connectivity index (χ2n) is 6.27. The maximum atomic E-state index is 6.38. The molecule has 1 aromatic carbocycles. The molecule has 1 aliphatic heterocycles. The molecule has 128 valence electrons. The lowest BCUT2D eigenvalue weighted by molar-refractivity contribution is -0.688. The molecule has 0 N–H and O–H groups in total. The van der Waals surface area contributed by atoms with Gasteiger partial charge >= 0.3 is 0 Å². The molecular formula is C20H25ClNO2+. The third kappa shape index (κ3) is 3.84. The topological polar surface area (TPSA) is 22.3 Å². The van der Waals surface area contributed by atoms with Gasteiger partial charge in [-0.05, 0) is 36.5 Å². The van der Waals surface area contributed by atoms with E-state index in [1.807, 2.05) is 12.1 Å². The molecule has 0 unspecified atom stereocenters. The highest BCUT2D eigenvalue weighted by Crippen LogP contribution is 2.37. The number of fused-ring (bicyclic) bond motifs is 1. The molecule has 3 nitrogen and oxygen atoms in total. The molecule has 2 heterocycles. The van der Waals surface area contributed by atoms with Crippen molar-refractivity contribution in [3.8, 4) is 11.5 Å². The molecule has 24 heavy (non-hydrogen) atoms. The number of hydrogen-bond acceptors (Lipinski definition) is 2. The van der Waals surface area contributed by atoms with Crippen LogP contribution in [0.15, 0.2) is 36.7 Å². The van der Waals surface area contributed by atoms with Crippen molar-refractivity contribution >= 4 is 11.6 Å². The summed E-state index contributed by atoms with van der Waals surface area (Å²) in [7, 11) is 0. The summed E-state index contributed by atoms with van der Waals surface area (Å²) in [6, 6.07) is 8.45. The van der Waals surface area contributed by atoms with E-state index in [2.05, 4.69) is 42.9 Å². The van der Waals surface area contributed by atoms with Crippen molar-refractivity contribution in [1.29, 1.82) is 0 Å². The summed E-state index contributed by atoms with van der Waals surface area (Å²) in [5, 5.41) is 0.624. The normalized spacial score (nSPS) is 13.8. The molecule has 0 fully saturated rings. The molecule has 0 amide bonds. The first kappa shape index (κ1) is 17.1. The Kier molecular flexibility index (Phi) is 5.62. The standard InChI is InChI=1S/C20H25ClNO2/c1-3-16(4-2)17-6-8-22(9-7-17)14-15-12-18(21)20-19(13-15)23-10-5-11-24-20/h6-9,12-13,16H,3-5,10-11,14H2,1-2H3/q+1. The van der Waals surface area contributed by atoms with E-state index in [9.17, 15) is 0 Å². The predicted molar refractivity (Wildman–Crippen MR) is 96.1 cm³/mol. The van der Waals surface area contributed by atoms with Crippen LogP contribution in [-0.2, 0) is 6.54 Å². The molecule has 3 rings (SSSR count). The van der Waals surface area contributed by atoms with E-state index in [0.29, 0.717) is 29.9 Å². The summed E-state index contributed by atoms with van der Waals surface area (Å²) < 4.78 is 13.6. The van der Waals surface area contributed by atoms with Crippen LogP contribution in [0.4, 0.5) is 0 Å². The van der Waals surface area contributed by atoms with Gasteiger partial charge in [-0.25, -0.2) is 4.57 Å². The van der Waals surface area contributed by atoms with E-state index in [1.54, 1.807) is 0 Å². The third-order valence-electron chi connectivity index (χ3n) is 4.60. The number of pyridine rings is 1. The maximum Gasteiger partial charge on any atom is 0.179 e. The van der Waals surface area contributed by atoms with Crippen LogP contribution in [0.5, 0.6) is 11.5 Å². The summed E-state index contributed by atoms with van der Waals surface area (Å²) in [5.41, 5.74) is 2.53. The van der Waals surface area contributed by atoms with Crippen LogP contribution in [0.2, 0.25) is 5.02 Å². The van der Waals surface area contributed by atoms with Gasteiger partial charge in [-0.15, -0.1) is 0 Å². The number of aromatic nitrogens is 1. The average Bonchev–Trinajstić information content (AvgIpc) is 2.83. The molecule has 1 aliphatic rings. The Balaban J connectivity index is 1.78. The number of rotatable bonds is 5. The number of nitrogens with zero attached hydrogens (tertiary/aromatic N) is 1. The largest absolute Gasteiger partial charge is 0.489 e. The number of hydrogen-bond donors (Lipinski definition) is 0. The van der Waals surface area contributed by atoms with Crippen molar-refractivity contribution in [3.63, 3.8) is 0 Å². The molecule has 0 saturated carbocycles. The van der Waals surface area contributed by atoms with Crippen LogP contribution in [0.25, 0.3) is 0 Å². The molecule has 2 aromatic rings. The van der Waals surface area contributed by atoms with E-state index in [-0.39, 0.29) is 0 Å². The molecule has 1 aromatic heterocycles. The fourth-order valence-corrected chi connectivity index (χ4v) is 3.48. The number of ether oxygens (including phenoxy) is 2. The highest BCUT2D eigenvalue weighted by atomic mass is 35.5. The predicted octanol–water partition coefficient (Wildman–Crippen LogP) is 4.74. The van der Waals surface area contributed by atoms with E-state index in [4.69, 9.17) is 21.1 Å². The van der Waals surface area contributed by atoms with Crippen molar-refractivity contribution < 1.29 is 14.0 Å². The summed E-state index contributed by atoms with van der Waals surface area (Å²) in [6.45, 7) is 6.58. The van der Waals surface area contributed by atoms with Crippen LogP contribution in [-0.4, -0.2) is 13.2 Å². The highest BCUT2D eigenvalue weighted by Gasteiger charge is 2.17. The van der Waals surface area contributed by atoms with Gasteiger partial charge in [-0.2, -0.15) is 0 Å². The summed E-state index contributed by atoms with van der Waals surface area (Å²) >= 11 is 6.38. The van der Waals surface area contributed by atoms with Gasteiger partial charge in [0, 0.05) is 24.1 Å². The second-order valence-corrected chi connectivity index (χ2v) is 6.68. The van der Waals surface area contributed by atoms with Gasteiger partial charge in [0.05, 0.1) is 18.2 Å². The molecule has 0 saturated heterocycles. The van der Waals surface area contributed by atoms with E-state index < -0.39 is 0 Å². The van der Waals surface area contributed by atoms with Crippen molar-refractivity contribution in [2.45, 2.75) is 45.6 Å². The van der Waals surface area contributed by atoms with Crippen LogP contribution in [0.3, 0.4) is 0 Å². The number of halogens is 1. The summed E-state index contributed by atoms with van der Waals surface area (Å²) in [5.74, 6) is 2.07. The lowest BCUT2D eigenvalue weighted by atomic mass is 9.95. The highest BCUT2D eigenvalue weighted by molar-refractivity contribution is 6.32. The minimum absolute atomic E-state index is 0.624. The minimum atomic E-state index is 0.624. The van der Waals surface area contributed by atoms with Crippen LogP contribution >= 0.6 is 11.6 Å².